The molecule has 0 saturated heterocycles. The van der Waals surface area contributed by atoms with E-state index in [-0.39, 0.29) is 28.9 Å². The highest BCUT2D eigenvalue weighted by Gasteiger charge is 2.35. The SMILES string of the molecule is Cc1cc(F)c(CNC(=O)c2cn(Cc3ccc(Cn4ccccc4=O)cc3)nc2C(C)O)c(C(F)(F)F)c1. The molecule has 1 amide bonds. The molecule has 11 heteroatoms. The second-order valence-corrected chi connectivity index (χ2v) is 9.24. The highest BCUT2D eigenvalue weighted by atomic mass is 19.4. The molecule has 0 aliphatic rings. The van der Waals surface area contributed by atoms with Gasteiger partial charge in [-0.25, -0.2) is 4.39 Å². The van der Waals surface area contributed by atoms with Gasteiger partial charge in [0.25, 0.3) is 11.5 Å². The minimum Gasteiger partial charge on any atom is -0.387 e. The number of hydrogen-bond donors (Lipinski definition) is 2. The molecule has 2 aromatic heterocycles. The van der Waals surface area contributed by atoms with Crippen LogP contribution in [0.15, 0.2) is 71.8 Å². The van der Waals surface area contributed by atoms with Crippen molar-refractivity contribution in [2.45, 2.75) is 45.8 Å². The van der Waals surface area contributed by atoms with Gasteiger partial charge in [-0.1, -0.05) is 30.3 Å². The Morgan fingerprint density at radius 3 is 2.36 bits per heavy atom. The number of nitrogens with one attached hydrogen (secondary N) is 1. The molecule has 1 unspecified atom stereocenters. The Morgan fingerprint density at radius 1 is 1.08 bits per heavy atom. The van der Waals surface area contributed by atoms with Crippen LogP contribution < -0.4 is 10.9 Å². The van der Waals surface area contributed by atoms with Crippen LogP contribution in [0, 0.1) is 12.7 Å². The summed E-state index contributed by atoms with van der Waals surface area (Å²) in [7, 11) is 0. The van der Waals surface area contributed by atoms with Crippen molar-refractivity contribution in [3.8, 4) is 0 Å². The molecule has 0 bridgehead atoms. The molecule has 4 rings (SSSR count). The van der Waals surface area contributed by atoms with Gasteiger partial charge in [0.1, 0.15) is 11.5 Å². The molecule has 39 heavy (non-hydrogen) atoms. The maximum absolute atomic E-state index is 14.4. The highest BCUT2D eigenvalue weighted by molar-refractivity contribution is 5.95. The van der Waals surface area contributed by atoms with Gasteiger partial charge in [0, 0.05) is 30.6 Å². The quantitative estimate of drug-likeness (QED) is 0.319. The first-order chi connectivity index (χ1) is 18.4. The lowest BCUT2D eigenvalue weighted by Crippen LogP contribution is -2.26. The highest BCUT2D eigenvalue weighted by Crippen LogP contribution is 2.34. The summed E-state index contributed by atoms with van der Waals surface area (Å²) in [5.41, 5.74) is -0.123. The Morgan fingerprint density at radius 2 is 1.74 bits per heavy atom. The van der Waals surface area contributed by atoms with Gasteiger partial charge in [-0.3, -0.25) is 14.3 Å². The second-order valence-electron chi connectivity index (χ2n) is 9.24. The van der Waals surface area contributed by atoms with Crippen LogP contribution in [-0.2, 0) is 25.8 Å². The zero-order chi connectivity index (χ0) is 28.3. The number of aliphatic hydroxyl groups is 1. The smallest absolute Gasteiger partial charge is 0.387 e. The van der Waals surface area contributed by atoms with Crippen molar-refractivity contribution in [2.75, 3.05) is 0 Å². The van der Waals surface area contributed by atoms with Crippen molar-refractivity contribution in [3.05, 3.63) is 122 Å². The van der Waals surface area contributed by atoms with Crippen LogP contribution in [-0.4, -0.2) is 25.4 Å². The number of carbonyl (C=O) groups excluding carboxylic acids is 1. The summed E-state index contributed by atoms with van der Waals surface area (Å²) in [5, 5.41) is 16.7. The summed E-state index contributed by atoms with van der Waals surface area (Å²) in [4.78, 5) is 24.8. The van der Waals surface area contributed by atoms with Gasteiger partial charge >= 0.3 is 6.18 Å². The summed E-state index contributed by atoms with van der Waals surface area (Å²) in [5.74, 6) is -1.87. The zero-order valence-corrected chi connectivity index (χ0v) is 21.2. The lowest BCUT2D eigenvalue weighted by molar-refractivity contribution is -0.138. The fraction of sp³-hybridized carbons (Fsp3) is 0.250. The molecule has 0 radical (unpaired) electrons. The van der Waals surface area contributed by atoms with E-state index >= 15 is 0 Å². The average molecular weight is 543 g/mol. The largest absolute Gasteiger partial charge is 0.416 e. The number of aliphatic hydroxyl groups excluding tert-OH is 1. The minimum atomic E-state index is -4.80. The van der Waals surface area contributed by atoms with Gasteiger partial charge in [-0.2, -0.15) is 18.3 Å². The first kappa shape index (κ1) is 27.8. The number of rotatable bonds is 8. The first-order valence-electron chi connectivity index (χ1n) is 12.1. The van der Waals surface area contributed by atoms with Crippen LogP contribution in [0.25, 0.3) is 0 Å². The maximum Gasteiger partial charge on any atom is 0.416 e. The fourth-order valence-electron chi connectivity index (χ4n) is 4.19. The third-order valence-corrected chi connectivity index (χ3v) is 6.12. The van der Waals surface area contributed by atoms with Crippen molar-refractivity contribution in [2.24, 2.45) is 0 Å². The van der Waals surface area contributed by atoms with Crippen molar-refractivity contribution in [1.82, 2.24) is 19.7 Å². The van der Waals surface area contributed by atoms with Crippen molar-refractivity contribution >= 4 is 5.91 Å². The molecule has 0 aliphatic heterocycles. The van der Waals surface area contributed by atoms with Crippen LogP contribution in [0.3, 0.4) is 0 Å². The van der Waals surface area contributed by atoms with E-state index < -0.39 is 41.7 Å². The third kappa shape index (κ3) is 6.61. The van der Waals surface area contributed by atoms with Crippen LogP contribution >= 0.6 is 0 Å². The number of halogens is 4. The number of benzene rings is 2. The van der Waals surface area contributed by atoms with Crippen LogP contribution in [0.2, 0.25) is 0 Å². The number of nitrogens with zero attached hydrogens (tertiary/aromatic N) is 3. The van der Waals surface area contributed by atoms with E-state index in [0.29, 0.717) is 6.54 Å². The first-order valence-corrected chi connectivity index (χ1v) is 12.1. The molecule has 2 N–H and O–H groups in total. The molecule has 7 nitrogen and oxygen atoms in total. The maximum atomic E-state index is 14.4. The fourth-order valence-corrected chi connectivity index (χ4v) is 4.19. The van der Waals surface area contributed by atoms with Gasteiger partial charge in [0.2, 0.25) is 0 Å². The van der Waals surface area contributed by atoms with E-state index in [1.165, 1.54) is 30.8 Å². The molecular weight excluding hydrogens is 516 g/mol. The summed E-state index contributed by atoms with van der Waals surface area (Å²) < 4.78 is 57.7. The molecule has 2 aromatic carbocycles. The number of amides is 1. The predicted octanol–water partition coefficient (Wildman–Crippen LogP) is 4.59. The summed E-state index contributed by atoms with van der Waals surface area (Å²) in [6.07, 6.45) is -2.86. The van der Waals surface area contributed by atoms with Crippen molar-refractivity contribution < 1.29 is 27.5 Å². The Hall–Kier alpha value is -4.25. The topological polar surface area (TPSA) is 89.2 Å². The Labute approximate surface area is 221 Å². The summed E-state index contributed by atoms with van der Waals surface area (Å²) >= 11 is 0. The molecule has 0 saturated carbocycles. The summed E-state index contributed by atoms with van der Waals surface area (Å²) in [6.45, 7) is 2.70. The van der Waals surface area contributed by atoms with E-state index in [0.717, 1.165) is 23.3 Å². The molecule has 204 valence electrons. The van der Waals surface area contributed by atoms with E-state index in [9.17, 15) is 32.3 Å². The van der Waals surface area contributed by atoms with Gasteiger partial charge in [0.15, 0.2) is 0 Å². The van der Waals surface area contributed by atoms with Gasteiger partial charge in [-0.05, 0) is 48.7 Å². The molecule has 0 spiro atoms. The average Bonchev–Trinajstić information content (AvgIpc) is 3.29. The Bertz CT molecular complexity index is 1540. The number of aryl methyl sites for hydroxylation is 1. The molecule has 2 heterocycles. The molecule has 1 atom stereocenters. The number of aromatic nitrogens is 3. The number of pyridine rings is 1. The molecular formula is C28H26F4N4O3. The Balaban J connectivity index is 1.50. The molecule has 0 fully saturated rings. The van der Waals surface area contributed by atoms with Crippen LogP contribution in [0.4, 0.5) is 17.6 Å². The van der Waals surface area contributed by atoms with Crippen LogP contribution in [0.5, 0.6) is 0 Å². The van der Waals surface area contributed by atoms with Crippen LogP contribution in [0.1, 0.15) is 56.9 Å². The van der Waals surface area contributed by atoms with Gasteiger partial charge in [-0.15, -0.1) is 0 Å². The third-order valence-electron chi connectivity index (χ3n) is 6.12. The van der Waals surface area contributed by atoms with E-state index in [1.807, 2.05) is 24.3 Å². The normalized spacial score (nSPS) is 12.4. The van der Waals surface area contributed by atoms with Crippen molar-refractivity contribution in [1.29, 1.82) is 0 Å². The lowest BCUT2D eigenvalue weighted by Gasteiger charge is -2.15. The number of carbonyl (C=O) groups is 1. The lowest BCUT2D eigenvalue weighted by atomic mass is 10.0. The Kier molecular flexibility index (Phi) is 8.01. The predicted molar refractivity (Wildman–Crippen MR) is 136 cm³/mol. The number of alkyl halides is 3. The van der Waals surface area contributed by atoms with Crippen molar-refractivity contribution in [3.63, 3.8) is 0 Å². The minimum absolute atomic E-state index is 0.0352. The zero-order valence-electron chi connectivity index (χ0n) is 21.2. The monoisotopic (exact) mass is 542 g/mol. The van der Waals surface area contributed by atoms with E-state index in [4.69, 9.17) is 0 Å². The summed E-state index contributed by atoms with van der Waals surface area (Å²) in [6, 6.07) is 14.1. The van der Waals surface area contributed by atoms with E-state index in [2.05, 4.69) is 10.4 Å². The van der Waals surface area contributed by atoms with E-state index in [1.54, 1.807) is 22.9 Å². The standard InChI is InChI=1S/C28H26F4N4O3/c1-17-11-23(28(30,31)32)21(24(29)12-17)13-33-27(39)22-16-36(34-26(22)18(2)37)15-20-8-6-19(7-9-20)14-35-10-4-3-5-25(35)38/h3-12,16,18,37H,13-15H2,1-2H3,(H,33,39). The molecule has 4 aromatic rings. The van der Waals surface area contributed by atoms with Gasteiger partial charge < -0.3 is 15.0 Å². The second kappa shape index (κ2) is 11.2. The molecule has 0 aliphatic carbocycles. The number of hydrogen-bond acceptors (Lipinski definition) is 4. The van der Waals surface area contributed by atoms with Gasteiger partial charge in [0.05, 0.1) is 30.3 Å².